The lowest BCUT2D eigenvalue weighted by Crippen LogP contribution is -2.40. The molecule has 2 aliphatic rings. The van der Waals surface area contributed by atoms with Crippen molar-refractivity contribution >= 4 is 28.1 Å². The monoisotopic (exact) mass is 523 g/mol. The number of likely N-dealkylation sites (tertiary alicyclic amines) is 1. The summed E-state index contributed by atoms with van der Waals surface area (Å²) in [5.74, 6) is 0.572. The Kier molecular flexibility index (Phi) is 5.62. The van der Waals surface area contributed by atoms with Crippen molar-refractivity contribution in [2.75, 3.05) is 18.5 Å². The van der Waals surface area contributed by atoms with Crippen LogP contribution in [0.4, 0.5) is 5.82 Å². The molecule has 3 aromatic heterocycles. The molecule has 2 saturated heterocycles. The fourth-order valence-corrected chi connectivity index (χ4v) is 5.95. The molecular weight excluding hydrogens is 494 g/mol. The molecule has 7 rings (SSSR count). The Hall–Kier alpha value is -4.25. The van der Waals surface area contributed by atoms with E-state index in [0.29, 0.717) is 42.7 Å². The van der Waals surface area contributed by atoms with E-state index >= 15 is 0 Å². The van der Waals surface area contributed by atoms with Crippen LogP contribution in [-0.2, 0) is 11.3 Å². The third-order valence-corrected chi connectivity index (χ3v) is 7.85. The zero-order valence-corrected chi connectivity index (χ0v) is 21.5. The number of hydrogen-bond donors (Lipinski definition) is 3. The summed E-state index contributed by atoms with van der Waals surface area (Å²) in [5, 5.41) is 20.6. The van der Waals surface area contributed by atoms with Crippen molar-refractivity contribution in [2.45, 2.75) is 38.3 Å². The van der Waals surface area contributed by atoms with Gasteiger partial charge in [-0.1, -0.05) is 36.4 Å². The molecule has 0 aliphatic carbocycles. The van der Waals surface area contributed by atoms with Gasteiger partial charge < -0.3 is 20.9 Å². The highest BCUT2D eigenvalue weighted by atomic mass is 16.5. The fraction of sp³-hybridized carbons (Fsp3) is 0.276. The Morgan fingerprint density at radius 2 is 2.00 bits per heavy atom. The van der Waals surface area contributed by atoms with E-state index in [2.05, 4.69) is 22.3 Å². The van der Waals surface area contributed by atoms with Crippen LogP contribution >= 0.6 is 0 Å². The molecule has 0 radical (unpaired) electrons. The van der Waals surface area contributed by atoms with Crippen LogP contribution in [0.2, 0.25) is 0 Å². The molecule has 2 aliphatic heterocycles. The lowest BCUT2D eigenvalue weighted by molar-refractivity contribution is -0.0657. The number of rotatable bonds is 7. The number of morpholine rings is 1. The molecule has 0 spiro atoms. The normalized spacial score (nSPS) is 19.7. The highest BCUT2D eigenvalue weighted by Crippen LogP contribution is 2.35. The van der Waals surface area contributed by atoms with Gasteiger partial charge >= 0.3 is 0 Å². The van der Waals surface area contributed by atoms with Crippen molar-refractivity contribution in [1.82, 2.24) is 24.1 Å². The van der Waals surface area contributed by atoms with Gasteiger partial charge in [-0.3, -0.25) is 14.3 Å². The molecule has 3 unspecified atom stereocenters. The Morgan fingerprint density at radius 3 is 2.74 bits per heavy atom. The van der Waals surface area contributed by atoms with Gasteiger partial charge in [-0.25, -0.2) is 4.52 Å². The van der Waals surface area contributed by atoms with Crippen LogP contribution in [0.5, 0.6) is 0 Å². The van der Waals surface area contributed by atoms with Gasteiger partial charge in [0, 0.05) is 35.8 Å². The summed E-state index contributed by atoms with van der Waals surface area (Å²) in [6, 6.07) is 21.5. The number of carbonyl (C=O) groups excluding carboxylic acids is 1. The predicted octanol–water partition coefficient (Wildman–Crippen LogP) is 3.16. The molecule has 10 nitrogen and oxygen atoms in total. The number of aromatic nitrogens is 4. The van der Waals surface area contributed by atoms with E-state index in [9.17, 15) is 9.90 Å². The van der Waals surface area contributed by atoms with Crippen LogP contribution in [0.15, 0.2) is 66.7 Å². The lowest BCUT2D eigenvalue weighted by atomic mass is 10.1. The molecule has 5 heterocycles. The van der Waals surface area contributed by atoms with Gasteiger partial charge in [0.15, 0.2) is 12.0 Å². The summed E-state index contributed by atoms with van der Waals surface area (Å²) in [5.41, 5.74) is 10.3. The van der Waals surface area contributed by atoms with Crippen LogP contribution in [0.25, 0.3) is 22.4 Å². The predicted molar refractivity (Wildman–Crippen MR) is 147 cm³/mol. The number of nitrogens with zero attached hydrogens (tertiary/aromatic N) is 5. The smallest absolute Gasteiger partial charge is 0.254 e. The van der Waals surface area contributed by atoms with Crippen LogP contribution in [0, 0.1) is 6.92 Å². The molecule has 2 aromatic carbocycles. The Labute approximate surface area is 224 Å². The largest absolute Gasteiger partial charge is 0.375 e. The quantitative estimate of drug-likeness (QED) is 0.299. The summed E-state index contributed by atoms with van der Waals surface area (Å²) in [4.78, 5) is 19.1. The summed E-state index contributed by atoms with van der Waals surface area (Å²) in [6.45, 7) is 3.83. The van der Waals surface area contributed by atoms with Crippen molar-refractivity contribution in [2.24, 2.45) is 5.73 Å². The lowest BCUT2D eigenvalue weighted by Gasteiger charge is -2.31. The molecule has 1 amide bonds. The zero-order chi connectivity index (χ0) is 26.7. The number of carbonyl (C=O) groups is 1. The molecular formula is C29H29N7O3. The van der Waals surface area contributed by atoms with Crippen LogP contribution in [0.3, 0.4) is 0 Å². The highest BCUT2D eigenvalue weighted by Gasteiger charge is 2.43. The van der Waals surface area contributed by atoms with Crippen molar-refractivity contribution < 1.29 is 14.6 Å². The minimum atomic E-state index is -0.833. The molecule has 198 valence electrons. The number of ether oxygens (including phenoxy) is 1. The van der Waals surface area contributed by atoms with Gasteiger partial charge in [-0.05, 0) is 49.2 Å². The molecule has 39 heavy (non-hydrogen) atoms. The van der Waals surface area contributed by atoms with E-state index in [-0.39, 0.29) is 12.1 Å². The molecule has 0 saturated carbocycles. The van der Waals surface area contributed by atoms with Gasteiger partial charge in [0.2, 0.25) is 5.91 Å². The number of benzene rings is 2. The van der Waals surface area contributed by atoms with E-state index < -0.39 is 12.1 Å². The second kappa shape index (κ2) is 9.19. The summed E-state index contributed by atoms with van der Waals surface area (Å²) in [7, 11) is 0. The first-order valence-corrected chi connectivity index (χ1v) is 13.1. The number of nitrogens with two attached hydrogens (primary N) is 1. The second-order valence-electron chi connectivity index (χ2n) is 10.3. The number of aryl methyl sites for hydroxylation is 1. The SMILES string of the molecule is Cc1cc2c(C(N)=O)cccc2n1-c1nc(NCc2ccccc2)c2ccc(C(O)N3CC4CC3CO4)n2n1. The average molecular weight is 524 g/mol. The summed E-state index contributed by atoms with van der Waals surface area (Å²) < 4.78 is 9.43. The number of aliphatic hydroxyl groups excluding tert-OH is 1. The summed E-state index contributed by atoms with van der Waals surface area (Å²) >= 11 is 0. The van der Waals surface area contributed by atoms with Crippen molar-refractivity contribution in [3.05, 3.63) is 89.2 Å². The first kappa shape index (κ1) is 23.8. The standard InChI is InChI=1S/C29H29N7O3/c1-17-12-22-21(26(30)37)8-5-9-23(22)35(17)29-32-27(31-14-18-6-3-2-4-7-18)24-10-11-25(36(24)33-29)28(38)34-15-20-13-19(34)16-39-20/h2-12,19-20,28,38H,13-16H2,1H3,(H2,30,37)(H,31,32,33). The van der Waals surface area contributed by atoms with E-state index in [1.54, 1.807) is 16.6 Å². The molecule has 5 aromatic rings. The number of aliphatic hydroxyl groups is 1. The molecule has 10 heteroatoms. The minimum Gasteiger partial charge on any atom is -0.375 e. The second-order valence-corrected chi connectivity index (χ2v) is 10.3. The third-order valence-electron chi connectivity index (χ3n) is 7.85. The van der Waals surface area contributed by atoms with Crippen LogP contribution in [0.1, 0.15) is 40.0 Å². The number of hydrogen-bond acceptors (Lipinski definition) is 7. The van der Waals surface area contributed by atoms with Crippen molar-refractivity contribution in [1.29, 1.82) is 0 Å². The molecule has 2 fully saturated rings. The van der Waals surface area contributed by atoms with Gasteiger partial charge in [0.05, 0.1) is 23.9 Å². The van der Waals surface area contributed by atoms with Crippen molar-refractivity contribution in [3.63, 3.8) is 0 Å². The maximum atomic E-state index is 12.1. The number of fused-ring (bicyclic) bond motifs is 4. The average Bonchev–Trinajstić information content (AvgIpc) is 3.73. The molecule has 4 N–H and O–H groups in total. The van der Waals surface area contributed by atoms with Gasteiger partial charge in [-0.15, -0.1) is 5.10 Å². The van der Waals surface area contributed by atoms with E-state index in [1.807, 2.05) is 54.0 Å². The summed E-state index contributed by atoms with van der Waals surface area (Å²) in [6.07, 6.45) is 0.263. The number of primary amides is 1. The maximum Gasteiger partial charge on any atom is 0.254 e. The first-order chi connectivity index (χ1) is 19.0. The molecule has 2 bridgehead atoms. The number of amides is 1. The highest BCUT2D eigenvalue weighted by molar-refractivity contribution is 6.06. The number of nitrogens with one attached hydrogen (secondary N) is 1. The van der Waals surface area contributed by atoms with E-state index in [1.165, 1.54) is 0 Å². The Morgan fingerprint density at radius 1 is 1.15 bits per heavy atom. The van der Waals surface area contributed by atoms with Crippen LogP contribution in [-0.4, -0.2) is 60.4 Å². The third kappa shape index (κ3) is 3.95. The number of anilines is 1. The van der Waals surface area contributed by atoms with Gasteiger partial charge in [-0.2, -0.15) is 4.98 Å². The van der Waals surface area contributed by atoms with Crippen molar-refractivity contribution in [3.8, 4) is 5.95 Å². The minimum absolute atomic E-state index is 0.164. The van der Waals surface area contributed by atoms with Gasteiger partial charge in [0.25, 0.3) is 5.95 Å². The fourth-order valence-electron chi connectivity index (χ4n) is 5.95. The van der Waals surface area contributed by atoms with Gasteiger partial charge in [0.1, 0.15) is 5.52 Å². The molecule has 3 atom stereocenters. The Bertz CT molecular complexity index is 1710. The maximum absolute atomic E-state index is 12.1. The Balaban J connectivity index is 1.37. The zero-order valence-electron chi connectivity index (χ0n) is 21.5. The first-order valence-electron chi connectivity index (χ1n) is 13.1. The topological polar surface area (TPSA) is 123 Å². The van der Waals surface area contributed by atoms with Crippen LogP contribution < -0.4 is 11.1 Å². The van der Waals surface area contributed by atoms with E-state index in [0.717, 1.165) is 34.1 Å². The van der Waals surface area contributed by atoms with E-state index in [4.69, 9.17) is 20.6 Å².